The molecule has 0 amide bonds. The van der Waals surface area contributed by atoms with Gasteiger partial charge < -0.3 is 4.74 Å². The van der Waals surface area contributed by atoms with E-state index in [1.54, 1.807) is 42.5 Å². The van der Waals surface area contributed by atoms with E-state index < -0.39 is 5.60 Å². The van der Waals surface area contributed by atoms with Gasteiger partial charge in [-0.3, -0.25) is 4.79 Å². The Morgan fingerprint density at radius 2 is 1.32 bits per heavy atom. The molecule has 0 aromatic heterocycles. The van der Waals surface area contributed by atoms with Gasteiger partial charge in [-0.15, -0.1) is 0 Å². The van der Waals surface area contributed by atoms with Crippen LogP contribution in [0.2, 0.25) is 0 Å². The van der Waals surface area contributed by atoms with Crippen molar-refractivity contribution in [2.75, 3.05) is 0 Å². The first-order chi connectivity index (χ1) is 18.6. The van der Waals surface area contributed by atoms with E-state index in [4.69, 9.17) is 4.74 Å². The summed E-state index contributed by atoms with van der Waals surface area (Å²) in [4.78, 5) is 13.9. The Morgan fingerprint density at radius 3 is 2.05 bits per heavy atom. The Balaban J connectivity index is 1.63. The van der Waals surface area contributed by atoms with Crippen molar-refractivity contribution < 1.29 is 9.53 Å². The topological polar surface area (TPSA) is 73.9 Å². The molecule has 0 heterocycles. The van der Waals surface area contributed by atoms with Crippen molar-refractivity contribution in [3.8, 4) is 29.0 Å². The fraction of sp³-hybridized carbons (Fsp3) is 0.0294. The number of carbonyl (C=O) groups is 1. The highest BCUT2D eigenvalue weighted by Crippen LogP contribution is 2.45. The van der Waals surface area contributed by atoms with E-state index >= 15 is 0 Å². The minimum atomic E-state index is -1.46. The van der Waals surface area contributed by atoms with Crippen LogP contribution in [0.25, 0.3) is 28.0 Å². The summed E-state index contributed by atoms with van der Waals surface area (Å²) in [5.41, 5.74) is 3.57. The van der Waals surface area contributed by atoms with Gasteiger partial charge in [0.25, 0.3) is 0 Å². The van der Waals surface area contributed by atoms with E-state index in [-0.39, 0.29) is 5.78 Å². The number of fused-ring (bicyclic) bond motifs is 2. The van der Waals surface area contributed by atoms with Crippen molar-refractivity contribution in [1.82, 2.24) is 0 Å². The SMILES string of the molecule is N#Cc1ccc(-c2c(OC3(c4ccc(C#N)cc4)C(=O)C=Cc4ccccc43)ccc3ccccc23)cc1. The number of rotatable bonds is 4. The van der Waals surface area contributed by atoms with Crippen LogP contribution in [-0.4, -0.2) is 5.78 Å². The molecule has 0 saturated carbocycles. The van der Waals surface area contributed by atoms with E-state index in [0.717, 1.165) is 33.0 Å². The maximum Gasteiger partial charge on any atom is 0.221 e. The fourth-order valence-electron chi connectivity index (χ4n) is 5.13. The van der Waals surface area contributed by atoms with Crippen LogP contribution in [0.15, 0.2) is 115 Å². The maximum absolute atomic E-state index is 13.9. The lowest BCUT2D eigenvalue weighted by Gasteiger charge is -2.37. The molecule has 5 aromatic carbocycles. The number of ether oxygens (including phenoxy) is 1. The fourth-order valence-corrected chi connectivity index (χ4v) is 5.13. The van der Waals surface area contributed by atoms with Crippen LogP contribution in [-0.2, 0) is 10.4 Å². The summed E-state index contributed by atoms with van der Waals surface area (Å²) in [5, 5.41) is 20.7. The molecule has 0 spiro atoms. The molecule has 1 unspecified atom stereocenters. The molecule has 4 heteroatoms. The van der Waals surface area contributed by atoms with Gasteiger partial charge >= 0.3 is 0 Å². The predicted molar refractivity (Wildman–Crippen MR) is 147 cm³/mol. The first-order valence-corrected chi connectivity index (χ1v) is 12.2. The van der Waals surface area contributed by atoms with Gasteiger partial charge in [-0.1, -0.05) is 84.9 Å². The normalized spacial score (nSPS) is 15.9. The van der Waals surface area contributed by atoms with Gasteiger partial charge in [0.15, 0.2) is 0 Å². The lowest BCUT2D eigenvalue weighted by Crippen LogP contribution is -2.44. The zero-order valence-electron chi connectivity index (χ0n) is 20.3. The summed E-state index contributed by atoms with van der Waals surface area (Å²) < 4.78 is 6.94. The van der Waals surface area contributed by atoms with Gasteiger partial charge in [-0.25, -0.2) is 0 Å². The second-order valence-corrected chi connectivity index (χ2v) is 9.11. The highest BCUT2D eigenvalue weighted by atomic mass is 16.5. The molecule has 1 aliphatic rings. The molecule has 1 aliphatic carbocycles. The first-order valence-electron chi connectivity index (χ1n) is 12.2. The average Bonchev–Trinajstić information content (AvgIpc) is 2.98. The molecule has 6 rings (SSSR count). The molecular weight excluding hydrogens is 468 g/mol. The number of carbonyl (C=O) groups excluding carboxylic acids is 1. The van der Waals surface area contributed by atoms with Crippen LogP contribution >= 0.6 is 0 Å². The highest BCUT2D eigenvalue weighted by molar-refractivity contribution is 6.07. The summed E-state index contributed by atoms with van der Waals surface area (Å²) >= 11 is 0. The molecule has 0 fully saturated rings. The molecule has 0 aliphatic heterocycles. The zero-order chi connectivity index (χ0) is 26.1. The van der Waals surface area contributed by atoms with Crippen molar-refractivity contribution in [2.45, 2.75) is 5.60 Å². The second kappa shape index (κ2) is 9.21. The largest absolute Gasteiger partial charge is 0.469 e. The molecule has 0 saturated heterocycles. The van der Waals surface area contributed by atoms with Crippen molar-refractivity contribution in [2.24, 2.45) is 0 Å². The number of nitrogens with zero attached hydrogens (tertiary/aromatic N) is 2. The van der Waals surface area contributed by atoms with Gasteiger partial charge in [0.2, 0.25) is 11.4 Å². The Hall–Kier alpha value is -5.45. The first kappa shape index (κ1) is 23.0. The number of ketones is 1. The molecular formula is C34H20N2O2. The van der Waals surface area contributed by atoms with Crippen molar-refractivity contribution >= 4 is 22.6 Å². The minimum Gasteiger partial charge on any atom is -0.469 e. The molecule has 0 N–H and O–H groups in total. The molecule has 1 atom stereocenters. The van der Waals surface area contributed by atoms with Crippen LogP contribution in [0.3, 0.4) is 0 Å². The van der Waals surface area contributed by atoms with Gasteiger partial charge in [0.05, 0.1) is 23.3 Å². The number of benzene rings is 5. The third kappa shape index (κ3) is 3.64. The molecule has 0 radical (unpaired) electrons. The molecule has 178 valence electrons. The molecule has 5 aromatic rings. The van der Waals surface area contributed by atoms with Crippen LogP contribution < -0.4 is 4.74 Å². The van der Waals surface area contributed by atoms with Crippen molar-refractivity contribution in [3.63, 3.8) is 0 Å². The van der Waals surface area contributed by atoms with Crippen molar-refractivity contribution in [1.29, 1.82) is 10.5 Å². The lowest BCUT2D eigenvalue weighted by atomic mass is 9.76. The summed E-state index contributed by atoms with van der Waals surface area (Å²) in [6, 6.07) is 38.3. The Bertz CT molecular complexity index is 1820. The predicted octanol–water partition coefficient (Wildman–Crippen LogP) is 7.17. The van der Waals surface area contributed by atoms with Gasteiger partial charge in [0, 0.05) is 16.7 Å². The molecule has 38 heavy (non-hydrogen) atoms. The van der Waals surface area contributed by atoms with Crippen molar-refractivity contribution in [3.05, 3.63) is 143 Å². The monoisotopic (exact) mass is 488 g/mol. The Morgan fingerprint density at radius 1 is 0.658 bits per heavy atom. The number of nitriles is 2. The zero-order valence-corrected chi connectivity index (χ0v) is 20.3. The van der Waals surface area contributed by atoms with Crippen LogP contribution in [0, 0.1) is 22.7 Å². The summed E-state index contributed by atoms with van der Waals surface area (Å²) in [6.45, 7) is 0. The van der Waals surface area contributed by atoms with E-state index in [0.29, 0.717) is 22.4 Å². The van der Waals surface area contributed by atoms with Gasteiger partial charge in [-0.2, -0.15) is 10.5 Å². The van der Waals surface area contributed by atoms with E-state index in [1.807, 2.05) is 78.9 Å². The third-order valence-electron chi connectivity index (χ3n) is 6.98. The van der Waals surface area contributed by atoms with E-state index in [9.17, 15) is 15.3 Å². The Kier molecular flexibility index (Phi) is 5.57. The van der Waals surface area contributed by atoms with Crippen LogP contribution in [0.4, 0.5) is 0 Å². The van der Waals surface area contributed by atoms with E-state index in [1.165, 1.54) is 0 Å². The quantitative estimate of drug-likeness (QED) is 0.269. The molecule has 0 bridgehead atoms. The summed E-state index contributed by atoms with van der Waals surface area (Å²) in [7, 11) is 0. The maximum atomic E-state index is 13.9. The van der Waals surface area contributed by atoms with Crippen LogP contribution in [0.1, 0.15) is 27.8 Å². The Labute approximate surface area is 220 Å². The van der Waals surface area contributed by atoms with Crippen LogP contribution in [0.5, 0.6) is 5.75 Å². The third-order valence-corrected chi connectivity index (χ3v) is 6.98. The smallest absolute Gasteiger partial charge is 0.221 e. The number of hydrogen-bond acceptors (Lipinski definition) is 4. The number of hydrogen-bond donors (Lipinski definition) is 0. The molecule has 4 nitrogen and oxygen atoms in total. The lowest BCUT2D eigenvalue weighted by molar-refractivity contribution is -0.127. The standard InChI is InChI=1S/C34H20N2O2/c35-21-23-9-13-27(14-10-23)33-29-7-3-1-5-25(29)15-19-31(33)38-34(28-17-11-24(22-36)12-18-28)30-8-4-2-6-26(30)16-20-32(34)37/h1-20H. The summed E-state index contributed by atoms with van der Waals surface area (Å²) in [6.07, 6.45) is 3.37. The second-order valence-electron chi connectivity index (χ2n) is 9.11. The van der Waals surface area contributed by atoms with Gasteiger partial charge in [-0.05, 0) is 58.3 Å². The van der Waals surface area contributed by atoms with Gasteiger partial charge in [0.1, 0.15) is 5.75 Å². The summed E-state index contributed by atoms with van der Waals surface area (Å²) in [5.74, 6) is 0.330. The highest BCUT2D eigenvalue weighted by Gasteiger charge is 2.46. The van der Waals surface area contributed by atoms with E-state index in [2.05, 4.69) is 12.1 Å². The minimum absolute atomic E-state index is 0.208. The average molecular weight is 489 g/mol.